The van der Waals surface area contributed by atoms with Crippen molar-refractivity contribution in [3.05, 3.63) is 115 Å². The molecule has 1 atom stereocenters. The van der Waals surface area contributed by atoms with E-state index in [0.717, 1.165) is 44.3 Å². The van der Waals surface area contributed by atoms with Gasteiger partial charge in [0.05, 0.1) is 10.8 Å². The lowest BCUT2D eigenvalue weighted by Gasteiger charge is -2.14. The first-order valence-electron chi connectivity index (χ1n) is 12.2. The summed E-state index contributed by atoms with van der Waals surface area (Å²) in [7, 11) is -3.13. The molecular weight excluding hydrogens is 480 g/mol. The molecule has 0 saturated heterocycles. The number of aromatic nitrogens is 2. The second kappa shape index (κ2) is 10.5. The zero-order valence-corrected chi connectivity index (χ0v) is 21.7. The van der Waals surface area contributed by atoms with Crippen molar-refractivity contribution < 1.29 is 13.2 Å². The number of sulfone groups is 1. The maximum absolute atomic E-state index is 12.1. The number of benzene rings is 3. The second-order valence-corrected chi connectivity index (χ2v) is 11.8. The molecule has 5 nitrogen and oxygen atoms in total. The third-order valence-corrected chi connectivity index (χ3v) is 8.12. The van der Waals surface area contributed by atoms with E-state index in [9.17, 15) is 8.42 Å². The fraction of sp³-hybridized carbons (Fsp3) is 0.161. The van der Waals surface area contributed by atoms with E-state index < -0.39 is 15.1 Å². The predicted octanol–water partition coefficient (Wildman–Crippen LogP) is 6.52. The van der Waals surface area contributed by atoms with E-state index in [0.29, 0.717) is 18.9 Å². The molecule has 2 aromatic heterocycles. The van der Waals surface area contributed by atoms with Gasteiger partial charge < -0.3 is 4.74 Å². The van der Waals surface area contributed by atoms with Gasteiger partial charge in [-0.1, -0.05) is 54.6 Å². The number of hydrogen-bond acceptors (Lipinski definition) is 5. The number of nitrogens with zero attached hydrogens (tertiary/aromatic N) is 2. The quantitative estimate of drug-likeness (QED) is 0.239. The first-order valence-corrected chi connectivity index (χ1v) is 14.1. The van der Waals surface area contributed by atoms with Crippen molar-refractivity contribution in [2.24, 2.45) is 0 Å². The van der Waals surface area contributed by atoms with Crippen molar-refractivity contribution in [2.75, 3.05) is 6.26 Å². The summed E-state index contributed by atoms with van der Waals surface area (Å²) in [6.45, 7) is 2.22. The van der Waals surface area contributed by atoms with Crippen LogP contribution in [0.3, 0.4) is 0 Å². The van der Waals surface area contributed by atoms with Gasteiger partial charge in [-0.25, -0.2) is 13.4 Å². The van der Waals surface area contributed by atoms with Gasteiger partial charge >= 0.3 is 0 Å². The van der Waals surface area contributed by atoms with Crippen LogP contribution in [0.5, 0.6) is 5.88 Å². The molecule has 0 aliphatic rings. The van der Waals surface area contributed by atoms with Gasteiger partial charge in [-0.2, -0.15) is 0 Å². The molecule has 6 heteroatoms. The van der Waals surface area contributed by atoms with Crippen LogP contribution in [0.25, 0.3) is 33.2 Å². The monoisotopic (exact) mass is 508 g/mol. The third kappa shape index (κ3) is 5.87. The Balaban J connectivity index is 1.44. The molecule has 5 rings (SSSR count). The highest BCUT2D eigenvalue weighted by Crippen LogP contribution is 2.32. The van der Waals surface area contributed by atoms with Gasteiger partial charge in [0.25, 0.3) is 0 Å². The van der Waals surface area contributed by atoms with Crippen LogP contribution < -0.4 is 4.74 Å². The van der Waals surface area contributed by atoms with Crippen molar-refractivity contribution >= 4 is 20.7 Å². The van der Waals surface area contributed by atoms with Crippen LogP contribution in [0.1, 0.15) is 18.1 Å². The number of fused-ring (bicyclic) bond motifs is 1. The van der Waals surface area contributed by atoms with E-state index in [2.05, 4.69) is 34.2 Å². The van der Waals surface area contributed by atoms with Gasteiger partial charge in [-0.15, -0.1) is 0 Å². The van der Waals surface area contributed by atoms with Crippen molar-refractivity contribution in [3.63, 3.8) is 0 Å². The predicted molar refractivity (Wildman–Crippen MR) is 149 cm³/mol. The van der Waals surface area contributed by atoms with Crippen molar-refractivity contribution in [3.8, 4) is 28.1 Å². The minimum absolute atomic E-state index is 0.449. The normalized spacial score (nSPS) is 12.4. The standard InChI is InChI=1S/C31H28N2O3S/c1-22(37(2,34)35)16-24-17-27-12-7-15-32-31(27)29(18-24)26-11-6-10-25(19-26)28-13-14-30(33-20-28)36-21-23-8-4-3-5-9-23/h3-15,17-20,22H,16,21H2,1-2H3. The molecule has 2 heterocycles. The number of pyridine rings is 2. The highest BCUT2D eigenvalue weighted by atomic mass is 32.2. The molecule has 0 bridgehead atoms. The molecule has 5 aromatic rings. The maximum Gasteiger partial charge on any atom is 0.213 e. The molecule has 0 amide bonds. The Morgan fingerprint density at radius 1 is 0.784 bits per heavy atom. The Labute approximate surface area is 217 Å². The molecule has 0 radical (unpaired) electrons. The van der Waals surface area contributed by atoms with E-state index >= 15 is 0 Å². The zero-order chi connectivity index (χ0) is 25.8. The number of hydrogen-bond donors (Lipinski definition) is 0. The highest BCUT2D eigenvalue weighted by molar-refractivity contribution is 7.91. The summed E-state index contributed by atoms with van der Waals surface area (Å²) in [5.74, 6) is 0.576. The van der Waals surface area contributed by atoms with Crippen LogP contribution in [-0.2, 0) is 22.9 Å². The van der Waals surface area contributed by atoms with Gasteiger partial charge in [0.2, 0.25) is 5.88 Å². The smallest absolute Gasteiger partial charge is 0.213 e. The Kier molecular flexibility index (Phi) is 7.01. The summed E-state index contributed by atoms with van der Waals surface area (Å²) < 4.78 is 30.0. The first-order chi connectivity index (χ1) is 17.9. The van der Waals surface area contributed by atoms with Gasteiger partial charge in [0.15, 0.2) is 0 Å². The maximum atomic E-state index is 12.1. The number of rotatable bonds is 8. The van der Waals surface area contributed by atoms with Crippen molar-refractivity contribution in [1.29, 1.82) is 0 Å². The molecule has 3 aromatic carbocycles. The van der Waals surface area contributed by atoms with E-state index in [1.54, 1.807) is 13.1 Å². The summed E-state index contributed by atoms with van der Waals surface area (Å²) in [4.78, 5) is 9.14. The Hall–Kier alpha value is -4.03. The Morgan fingerprint density at radius 3 is 2.35 bits per heavy atom. The minimum atomic E-state index is -3.13. The lowest BCUT2D eigenvalue weighted by molar-refractivity contribution is 0.294. The minimum Gasteiger partial charge on any atom is -0.473 e. The summed E-state index contributed by atoms with van der Waals surface area (Å²) in [5.41, 5.74) is 6.95. The van der Waals surface area contributed by atoms with E-state index in [4.69, 9.17) is 4.74 Å². The van der Waals surface area contributed by atoms with Crippen LogP contribution in [0.15, 0.2) is 103 Å². The van der Waals surface area contributed by atoms with Gasteiger partial charge in [-0.05, 0) is 65.9 Å². The topological polar surface area (TPSA) is 69.2 Å². The molecule has 0 fully saturated rings. The Bertz CT molecular complexity index is 1630. The molecule has 1 unspecified atom stereocenters. The van der Waals surface area contributed by atoms with Gasteiger partial charge in [0.1, 0.15) is 16.4 Å². The zero-order valence-electron chi connectivity index (χ0n) is 20.8. The van der Waals surface area contributed by atoms with Gasteiger partial charge in [0, 0.05) is 41.2 Å². The molecule has 0 aliphatic heterocycles. The molecule has 186 valence electrons. The summed E-state index contributed by atoms with van der Waals surface area (Å²) in [5, 5.41) is 0.525. The SMILES string of the molecule is CC(Cc1cc(-c2cccc(-c3ccc(OCc4ccccc4)nc3)c2)c2ncccc2c1)S(C)(=O)=O. The van der Waals surface area contributed by atoms with Crippen LogP contribution in [-0.4, -0.2) is 29.9 Å². The highest BCUT2D eigenvalue weighted by Gasteiger charge is 2.17. The van der Waals surface area contributed by atoms with Crippen molar-refractivity contribution in [1.82, 2.24) is 9.97 Å². The first kappa shape index (κ1) is 24.7. The van der Waals surface area contributed by atoms with E-state index in [-0.39, 0.29) is 0 Å². The van der Waals surface area contributed by atoms with Crippen molar-refractivity contribution in [2.45, 2.75) is 25.2 Å². The van der Waals surface area contributed by atoms with Crippen LogP contribution >= 0.6 is 0 Å². The summed E-state index contributed by atoms with van der Waals surface area (Å²) >= 11 is 0. The van der Waals surface area contributed by atoms with E-state index in [1.165, 1.54) is 6.26 Å². The van der Waals surface area contributed by atoms with Crippen LogP contribution in [0, 0.1) is 0 Å². The second-order valence-electron chi connectivity index (χ2n) is 9.30. The third-order valence-electron chi connectivity index (χ3n) is 6.49. The number of ether oxygens (including phenoxy) is 1. The summed E-state index contributed by atoms with van der Waals surface area (Å²) in [6.07, 6.45) is 5.34. The van der Waals surface area contributed by atoms with E-state index in [1.807, 2.05) is 72.9 Å². The largest absolute Gasteiger partial charge is 0.473 e. The fourth-order valence-corrected chi connectivity index (χ4v) is 4.81. The molecule has 0 spiro atoms. The average molecular weight is 509 g/mol. The van der Waals surface area contributed by atoms with Gasteiger partial charge in [-0.3, -0.25) is 4.98 Å². The fourth-order valence-electron chi connectivity index (χ4n) is 4.31. The molecule has 37 heavy (non-hydrogen) atoms. The lowest BCUT2D eigenvalue weighted by Crippen LogP contribution is -2.18. The van der Waals surface area contributed by atoms with Crippen LogP contribution in [0.4, 0.5) is 0 Å². The molecular formula is C31H28N2O3S. The average Bonchev–Trinajstić information content (AvgIpc) is 2.92. The Morgan fingerprint density at radius 2 is 1.59 bits per heavy atom. The molecule has 0 saturated carbocycles. The summed E-state index contributed by atoms with van der Waals surface area (Å²) in [6, 6.07) is 30.2. The lowest BCUT2D eigenvalue weighted by atomic mass is 9.95. The van der Waals surface area contributed by atoms with Crippen LogP contribution in [0.2, 0.25) is 0 Å². The molecule has 0 aliphatic carbocycles. The molecule has 0 N–H and O–H groups in total.